The van der Waals surface area contributed by atoms with Crippen molar-refractivity contribution in [2.45, 2.75) is 25.3 Å². The Morgan fingerprint density at radius 3 is 2.38 bits per heavy atom. The standard InChI is InChI=1S/C22H21ClN2O3S/c1-15-7-8-16(2)21(13-15)29(27,28)25-20-6-4-3-5-19(20)22(26)24-14-17-9-11-18(23)12-10-17/h3-13,25H,14H2,1-2H3,(H,24,26). The fourth-order valence-corrected chi connectivity index (χ4v) is 4.38. The molecule has 1 amide bonds. The Labute approximate surface area is 175 Å². The zero-order valence-electron chi connectivity index (χ0n) is 16.1. The topological polar surface area (TPSA) is 75.3 Å². The summed E-state index contributed by atoms with van der Waals surface area (Å²) in [5.41, 5.74) is 2.83. The monoisotopic (exact) mass is 428 g/mol. The smallest absolute Gasteiger partial charge is 0.262 e. The molecule has 0 aliphatic rings. The van der Waals surface area contributed by atoms with E-state index in [2.05, 4.69) is 10.0 Å². The van der Waals surface area contributed by atoms with E-state index in [1.165, 1.54) is 0 Å². The minimum Gasteiger partial charge on any atom is -0.348 e. The van der Waals surface area contributed by atoms with E-state index >= 15 is 0 Å². The number of halogens is 1. The average molecular weight is 429 g/mol. The Bertz CT molecular complexity index is 1140. The Hall–Kier alpha value is -2.83. The minimum atomic E-state index is -3.84. The number of aryl methyl sites for hydroxylation is 2. The van der Waals surface area contributed by atoms with Crippen molar-refractivity contribution in [1.29, 1.82) is 0 Å². The summed E-state index contributed by atoms with van der Waals surface area (Å²) in [5.74, 6) is -0.376. The number of rotatable bonds is 6. The number of amides is 1. The molecule has 0 atom stereocenters. The number of carbonyl (C=O) groups excluding carboxylic acids is 1. The van der Waals surface area contributed by atoms with E-state index in [1.54, 1.807) is 55.5 Å². The third-order valence-corrected chi connectivity index (χ3v) is 6.17. The lowest BCUT2D eigenvalue weighted by Gasteiger charge is -2.14. The number of hydrogen-bond acceptors (Lipinski definition) is 3. The molecule has 3 rings (SSSR count). The number of nitrogens with one attached hydrogen (secondary N) is 2. The maximum atomic E-state index is 12.9. The van der Waals surface area contributed by atoms with Gasteiger partial charge in [-0.25, -0.2) is 8.42 Å². The van der Waals surface area contributed by atoms with E-state index in [0.717, 1.165) is 11.1 Å². The molecule has 0 unspecified atom stereocenters. The number of para-hydroxylation sites is 1. The van der Waals surface area contributed by atoms with Crippen molar-refractivity contribution >= 4 is 33.2 Å². The highest BCUT2D eigenvalue weighted by molar-refractivity contribution is 7.92. The molecule has 0 heterocycles. The van der Waals surface area contributed by atoms with Crippen LogP contribution >= 0.6 is 11.6 Å². The van der Waals surface area contributed by atoms with Gasteiger partial charge in [-0.05, 0) is 60.9 Å². The number of hydrogen-bond donors (Lipinski definition) is 2. The van der Waals surface area contributed by atoms with E-state index in [-0.39, 0.29) is 22.1 Å². The second kappa shape index (κ2) is 8.68. The summed E-state index contributed by atoms with van der Waals surface area (Å²) in [6.45, 7) is 3.86. The van der Waals surface area contributed by atoms with Gasteiger partial charge in [0.2, 0.25) is 0 Å². The van der Waals surface area contributed by atoms with Gasteiger partial charge in [0.15, 0.2) is 0 Å². The van der Waals surface area contributed by atoms with Gasteiger partial charge >= 0.3 is 0 Å². The Morgan fingerprint density at radius 2 is 1.66 bits per heavy atom. The van der Waals surface area contributed by atoms with Crippen molar-refractivity contribution in [1.82, 2.24) is 5.32 Å². The third kappa shape index (κ3) is 5.16. The van der Waals surface area contributed by atoms with Crippen molar-refractivity contribution < 1.29 is 13.2 Å². The maximum absolute atomic E-state index is 12.9. The predicted molar refractivity (Wildman–Crippen MR) is 116 cm³/mol. The van der Waals surface area contributed by atoms with Gasteiger partial charge in [-0.3, -0.25) is 9.52 Å². The van der Waals surface area contributed by atoms with Crippen LogP contribution in [0, 0.1) is 13.8 Å². The molecule has 0 saturated heterocycles. The van der Waals surface area contributed by atoms with Crippen LogP contribution in [0.2, 0.25) is 5.02 Å². The molecule has 0 spiro atoms. The Balaban J connectivity index is 1.82. The number of sulfonamides is 1. The highest BCUT2D eigenvalue weighted by atomic mass is 35.5. The molecular formula is C22H21ClN2O3S. The Morgan fingerprint density at radius 1 is 0.966 bits per heavy atom. The van der Waals surface area contributed by atoms with Gasteiger partial charge in [0.1, 0.15) is 0 Å². The molecule has 3 aromatic carbocycles. The van der Waals surface area contributed by atoms with Crippen molar-refractivity contribution in [3.63, 3.8) is 0 Å². The second-order valence-electron chi connectivity index (χ2n) is 6.73. The second-order valence-corrected chi connectivity index (χ2v) is 8.82. The SMILES string of the molecule is Cc1ccc(C)c(S(=O)(=O)Nc2ccccc2C(=O)NCc2ccc(Cl)cc2)c1. The van der Waals surface area contributed by atoms with Gasteiger partial charge < -0.3 is 5.32 Å². The van der Waals surface area contributed by atoms with Crippen LogP contribution in [0.15, 0.2) is 71.6 Å². The lowest BCUT2D eigenvalue weighted by atomic mass is 10.1. The van der Waals surface area contributed by atoms with E-state index in [4.69, 9.17) is 11.6 Å². The lowest BCUT2D eigenvalue weighted by Crippen LogP contribution is -2.25. The molecule has 7 heteroatoms. The molecule has 29 heavy (non-hydrogen) atoms. The van der Waals surface area contributed by atoms with Crippen LogP contribution in [0.1, 0.15) is 27.0 Å². The molecule has 0 bridgehead atoms. The third-order valence-electron chi connectivity index (χ3n) is 4.42. The van der Waals surface area contributed by atoms with Crippen LogP contribution in [0.5, 0.6) is 0 Å². The van der Waals surface area contributed by atoms with Gasteiger partial charge in [-0.1, -0.05) is 48.0 Å². The van der Waals surface area contributed by atoms with Crippen molar-refractivity contribution in [3.05, 3.63) is 94.0 Å². The van der Waals surface area contributed by atoms with Gasteiger partial charge in [0, 0.05) is 11.6 Å². The first-order chi connectivity index (χ1) is 13.8. The summed E-state index contributed by atoms with van der Waals surface area (Å²) in [4.78, 5) is 12.9. The number of anilines is 1. The predicted octanol–water partition coefficient (Wildman–Crippen LogP) is 4.69. The van der Waals surface area contributed by atoms with E-state index < -0.39 is 10.0 Å². The van der Waals surface area contributed by atoms with Gasteiger partial charge in [-0.2, -0.15) is 0 Å². The zero-order valence-corrected chi connectivity index (χ0v) is 17.6. The molecule has 0 aliphatic carbocycles. The van der Waals surface area contributed by atoms with Crippen LogP contribution in [0.4, 0.5) is 5.69 Å². The van der Waals surface area contributed by atoms with Crippen LogP contribution in [0.3, 0.4) is 0 Å². The lowest BCUT2D eigenvalue weighted by molar-refractivity contribution is 0.0952. The van der Waals surface area contributed by atoms with Crippen LogP contribution in [0.25, 0.3) is 0 Å². The van der Waals surface area contributed by atoms with E-state index in [9.17, 15) is 13.2 Å². The molecule has 0 saturated carbocycles. The molecule has 5 nitrogen and oxygen atoms in total. The molecule has 150 valence electrons. The summed E-state index contributed by atoms with van der Waals surface area (Å²) < 4.78 is 28.4. The maximum Gasteiger partial charge on any atom is 0.262 e. The number of carbonyl (C=O) groups is 1. The largest absolute Gasteiger partial charge is 0.348 e. The first-order valence-electron chi connectivity index (χ1n) is 8.98. The fourth-order valence-electron chi connectivity index (χ4n) is 2.85. The molecular weight excluding hydrogens is 408 g/mol. The van der Waals surface area contributed by atoms with E-state index in [1.807, 2.05) is 25.1 Å². The van der Waals surface area contributed by atoms with Crippen LogP contribution in [-0.2, 0) is 16.6 Å². The summed E-state index contributed by atoms with van der Waals surface area (Å²) >= 11 is 5.87. The van der Waals surface area contributed by atoms with Crippen molar-refractivity contribution in [3.8, 4) is 0 Å². The highest BCUT2D eigenvalue weighted by Gasteiger charge is 2.20. The first-order valence-corrected chi connectivity index (χ1v) is 10.8. The molecule has 2 N–H and O–H groups in total. The van der Waals surface area contributed by atoms with Gasteiger partial charge in [0.25, 0.3) is 15.9 Å². The molecule has 0 radical (unpaired) electrons. The summed E-state index contributed by atoms with van der Waals surface area (Å²) in [6.07, 6.45) is 0. The molecule has 0 aromatic heterocycles. The molecule has 0 aliphatic heterocycles. The molecule has 0 fully saturated rings. The average Bonchev–Trinajstić information content (AvgIpc) is 2.69. The summed E-state index contributed by atoms with van der Waals surface area (Å²) in [6, 6.07) is 18.9. The Kier molecular flexibility index (Phi) is 6.25. The van der Waals surface area contributed by atoms with Crippen molar-refractivity contribution in [2.75, 3.05) is 4.72 Å². The first kappa shape index (κ1) is 20.9. The normalized spacial score (nSPS) is 11.1. The molecule has 3 aromatic rings. The fraction of sp³-hybridized carbons (Fsp3) is 0.136. The van der Waals surface area contributed by atoms with Gasteiger partial charge in [-0.15, -0.1) is 0 Å². The quantitative estimate of drug-likeness (QED) is 0.598. The number of benzene rings is 3. The zero-order chi connectivity index (χ0) is 21.0. The van der Waals surface area contributed by atoms with Gasteiger partial charge in [0.05, 0.1) is 16.1 Å². The summed E-state index contributed by atoms with van der Waals surface area (Å²) in [7, 11) is -3.84. The minimum absolute atomic E-state index is 0.189. The van der Waals surface area contributed by atoms with E-state index in [0.29, 0.717) is 17.1 Å². The summed E-state index contributed by atoms with van der Waals surface area (Å²) in [5, 5.41) is 3.42. The van der Waals surface area contributed by atoms with Crippen molar-refractivity contribution in [2.24, 2.45) is 0 Å². The highest BCUT2D eigenvalue weighted by Crippen LogP contribution is 2.23. The van der Waals surface area contributed by atoms with Crippen LogP contribution < -0.4 is 10.0 Å². The van der Waals surface area contributed by atoms with Crippen LogP contribution in [-0.4, -0.2) is 14.3 Å².